The van der Waals surface area contributed by atoms with Crippen molar-refractivity contribution in [1.82, 2.24) is 0 Å². The van der Waals surface area contributed by atoms with E-state index in [4.69, 9.17) is 0 Å². The van der Waals surface area contributed by atoms with E-state index in [2.05, 4.69) is 42.2 Å². The molecule has 3 heteroatoms. The molecule has 0 heterocycles. The number of unbranched alkanes of at least 4 members (excludes halogenated alkanes) is 2. The third kappa shape index (κ3) is 7.46. The summed E-state index contributed by atoms with van der Waals surface area (Å²) in [4.78, 5) is 6.93. The van der Waals surface area contributed by atoms with E-state index < -0.39 is 30.6 Å². The van der Waals surface area contributed by atoms with Gasteiger partial charge in [-0.25, -0.2) is 0 Å². The van der Waals surface area contributed by atoms with Crippen LogP contribution in [0.2, 0.25) is 14.8 Å². The van der Waals surface area contributed by atoms with Crippen molar-refractivity contribution in [1.29, 1.82) is 0 Å². The molecule has 0 radical (unpaired) electrons. The molecule has 0 aliphatic heterocycles. The summed E-state index contributed by atoms with van der Waals surface area (Å²) in [6, 6.07) is 0. The Bertz CT molecular complexity index is 281. The molecule has 0 amide bonds. The second-order valence-corrected chi connectivity index (χ2v) is 22.2. The van der Waals surface area contributed by atoms with E-state index in [1.54, 1.807) is 0 Å². The summed E-state index contributed by atoms with van der Waals surface area (Å²) in [5.41, 5.74) is 0. The maximum atomic E-state index is 10.6. The first kappa shape index (κ1) is 20.5. The average molecular weight is 391 g/mol. The van der Waals surface area contributed by atoms with E-state index in [-0.39, 0.29) is 5.92 Å². The summed E-state index contributed by atoms with van der Waals surface area (Å²) in [6.45, 7) is 10.7. The van der Waals surface area contributed by atoms with Crippen molar-refractivity contribution >= 4 is 18.4 Å². The SMILES string of the molecule is C=[C]([C@H]([C@@H](O)CCCCC)[C@@H](O)CC(C)C)[Sn]([CH3])([CH3])[CH3]. The van der Waals surface area contributed by atoms with E-state index >= 15 is 0 Å². The number of hydrogen-bond donors (Lipinski definition) is 2. The van der Waals surface area contributed by atoms with Gasteiger partial charge in [0.15, 0.2) is 0 Å². The first-order valence-electron chi connectivity index (χ1n) is 8.16. The summed E-state index contributed by atoms with van der Waals surface area (Å²) in [5, 5.41) is 21.1. The van der Waals surface area contributed by atoms with Crippen LogP contribution in [-0.4, -0.2) is 40.8 Å². The van der Waals surface area contributed by atoms with Crippen LogP contribution in [0, 0.1) is 11.8 Å². The predicted octanol–water partition coefficient (Wildman–Crippen LogP) is 4.38. The third-order valence-corrected chi connectivity index (χ3v) is 10.5. The first-order valence-corrected chi connectivity index (χ1v) is 18.2. The zero-order valence-corrected chi connectivity index (χ0v) is 17.3. The Morgan fingerprint density at radius 2 is 1.60 bits per heavy atom. The zero-order valence-electron chi connectivity index (χ0n) is 14.4. The molecule has 0 aromatic carbocycles. The van der Waals surface area contributed by atoms with E-state index in [0.717, 1.165) is 32.1 Å². The molecule has 120 valence electrons. The minimum absolute atomic E-state index is 0.120. The molecular weight excluding hydrogens is 355 g/mol. The Hall–Kier alpha value is 0.459. The van der Waals surface area contributed by atoms with Crippen molar-refractivity contribution in [3.63, 3.8) is 0 Å². The quantitative estimate of drug-likeness (QED) is 0.429. The van der Waals surface area contributed by atoms with Crippen molar-refractivity contribution in [3.8, 4) is 0 Å². The van der Waals surface area contributed by atoms with Gasteiger partial charge >= 0.3 is 130 Å². The van der Waals surface area contributed by atoms with Crippen LogP contribution in [0.15, 0.2) is 10.2 Å². The molecule has 0 aliphatic rings. The van der Waals surface area contributed by atoms with Gasteiger partial charge in [-0.2, -0.15) is 0 Å². The predicted molar refractivity (Wildman–Crippen MR) is 91.6 cm³/mol. The molecule has 2 nitrogen and oxygen atoms in total. The molecule has 0 saturated heterocycles. The Labute approximate surface area is 130 Å². The fourth-order valence-electron chi connectivity index (χ4n) is 2.63. The Morgan fingerprint density at radius 1 is 1.05 bits per heavy atom. The van der Waals surface area contributed by atoms with Crippen molar-refractivity contribution < 1.29 is 10.2 Å². The Morgan fingerprint density at radius 3 is 2.00 bits per heavy atom. The van der Waals surface area contributed by atoms with Gasteiger partial charge in [-0.3, -0.25) is 0 Å². The summed E-state index contributed by atoms with van der Waals surface area (Å²) < 4.78 is 1.18. The van der Waals surface area contributed by atoms with Gasteiger partial charge in [-0.15, -0.1) is 0 Å². The van der Waals surface area contributed by atoms with E-state index in [0.29, 0.717) is 5.92 Å². The number of aliphatic hydroxyl groups excluding tert-OH is 2. The van der Waals surface area contributed by atoms with Gasteiger partial charge in [-0.05, 0) is 0 Å². The molecule has 0 aliphatic carbocycles. The molecule has 3 atom stereocenters. The molecule has 20 heavy (non-hydrogen) atoms. The maximum absolute atomic E-state index is 10.6. The molecule has 0 bridgehead atoms. The molecule has 0 aromatic heterocycles. The number of rotatable bonds is 10. The summed E-state index contributed by atoms with van der Waals surface area (Å²) >= 11 is -2.32. The molecule has 0 spiro atoms. The molecule has 0 unspecified atom stereocenters. The van der Waals surface area contributed by atoms with Crippen molar-refractivity contribution in [2.75, 3.05) is 0 Å². The van der Waals surface area contributed by atoms with Crippen LogP contribution in [0.3, 0.4) is 0 Å². The van der Waals surface area contributed by atoms with Crippen LogP contribution in [-0.2, 0) is 0 Å². The van der Waals surface area contributed by atoms with Crippen molar-refractivity contribution in [3.05, 3.63) is 10.2 Å². The van der Waals surface area contributed by atoms with E-state index in [1.165, 1.54) is 3.59 Å². The van der Waals surface area contributed by atoms with Gasteiger partial charge in [0, 0.05) is 0 Å². The number of hydrogen-bond acceptors (Lipinski definition) is 2. The minimum atomic E-state index is -2.32. The average Bonchev–Trinajstić information content (AvgIpc) is 2.27. The van der Waals surface area contributed by atoms with Gasteiger partial charge in [0.2, 0.25) is 0 Å². The second-order valence-electron chi connectivity index (χ2n) is 7.56. The van der Waals surface area contributed by atoms with Crippen LogP contribution < -0.4 is 0 Å². The number of aliphatic hydroxyl groups is 2. The van der Waals surface area contributed by atoms with Crippen LogP contribution in [0.25, 0.3) is 0 Å². The first-order chi connectivity index (χ1) is 9.11. The fourth-order valence-corrected chi connectivity index (χ4v) is 6.59. The molecular formula is C17H36O2Sn. The van der Waals surface area contributed by atoms with Gasteiger partial charge < -0.3 is 0 Å². The Balaban J connectivity index is 4.91. The normalized spacial score (nSPS) is 17.1. The van der Waals surface area contributed by atoms with Crippen molar-refractivity contribution in [2.24, 2.45) is 11.8 Å². The van der Waals surface area contributed by atoms with E-state index in [1.807, 2.05) is 0 Å². The van der Waals surface area contributed by atoms with Crippen LogP contribution in [0.1, 0.15) is 52.9 Å². The van der Waals surface area contributed by atoms with Gasteiger partial charge in [0.1, 0.15) is 0 Å². The summed E-state index contributed by atoms with van der Waals surface area (Å²) in [7, 11) is 0. The topological polar surface area (TPSA) is 40.5 Å². The molecule has 2 N–H and O–H groups in total. The summed E-state index contributed by atoms with van der Waals surface area (Å²) in [5.74, 6) is 0.323. The van der Waals surface area contributed by atoms with Gasteiger partial charge in [0.25, 0.3) is 0 Å². The third-order valence-electron chi connectivity index (χ3n) is 4.01. The van der Waals surface area contributed by atoms with Crippen LogP contribution in [0.5, 0.6) is 0 Å². The summed E-state index contributed by atoms with van der Waals surface area (Å²) in [6.07, 6.45) is 4.00. The Kier molecular flexibility index (Phi) is 9.69. The van der Waals surface area contributed by atoms with Crippen LogP contribution in [0.4, 0.5) is 0 Å². The molecule has 0 aromatic rings. The van der Waals surface area contributed by atoms with Gasteiger partial charge in [0.05, 0.1) is 0 Å². The van der Waals surface area contributed by atoms with Crippen molar-refractivity contribution in [2.45, 2.75) is 79.9 Å². The molecule has 0 fully saturated rings. The van der Waals surface area contributed by atoms with Crippen LogP contribution >= 0.6 is 0 Å². The monoisotopic (exact) mass is 392 g/mol. The zero-order chi connectivity index (χ0) is 15.9. The second kappa shape index (κ2) is 9.47. The standard InChI is InChI=1S/C14H27O2.3CH3.Sn/c1-5-7-8-9-13(15)12(6-2)14(16)10-11(3)4;;;;/h11-16H,2,5,7-10H2,1,3-4H3;3*1H3;/t12-,13+,14+;;;;/m1..../s1. The fraction of sp³-hybridized carbons (Fsp3) is 0.882. The molecule has 0 rings (SSSR count). The van der Waals surface area contributed by atoms with Gasteiger partial charge in [-0.1, -0.05) is 0 Å². The van der Waals surface area contributed by atoms with E-state index in [9.17, 15) is 10.2 Å². The molecule has 0 saturated carbocycles.